The van der Waals surface area contributed by atoms with Crippen LogP contribution in [-0.4, -0.2) is 0 Å². The lowest BCUT2D eigenvalue weighted by Crippen LogP contribution is -1.91. The summed E-state index contributed by atoms with van der Waals surface area (Å²) in [5.41, 5.74) is 1.99. The van der Waals surface area contributed by atoms with E-state index in [1.165, 1.54) is 6.07 Å². The van der Waals surface area contributed by atoms with Gasteiger partial charge in [0, 0.05) is 5.33 Å². The summed E-state index contributed by atoms with van der Waals surface area (Å²) < 4.78 is 20.1. The van der Waals surface area contributed by atoms with E-state index in [9.17, 15) is 4.39 Å². The number of rotatable bonds is 3. The third kappa shape index (κ3) is 3.12. The zero-order chi connectivity index (χ0) is 13.1. The average molecular weight is 374 g/mol. The van der Waals surface area contributed by atoms with Gasteiger partial charge >= 0.3 is 0 Å². The molecule has 0 radical (unpaired) electrons. The fourth-order valence-corrected chi connectivity index (χ4v) is 2.44. The van der Waals surface area contributed by atoms with Crippen LogP contribution in [-0.2, 0) is 5.33 Å². The van der Waals surface area contributed by atoms with Crippen LogP contribution in [0.4, 0.5) is 4.39 Å². The Kier molecular flexibility index (Phi) is 4.40. The standard InChI is InChI=1S/C14H11Br2FO/c1-9-2-4-13(11(16)6-9)18-14-5-3-10(8-15)7-12(14)17/h2-7H,8H2,1H3. The van der Waals surface area contributed by atoms with Crippen molar-refractivity contribution in [2.45, 2.75) is 12.3 Å². The molecule has 0 atom stereocenters. The maximum Gasteiger partial charge on any atom is 0.166 e. The monoisotopic (exact) mass is 372 g/mol. The highest BCUT2D eigenvalue weighted by atomic mass is 79.9. The zero-order valence-electron chi connectivity index (χ0n) is 9.71. The predicted molar refractivity (Wildman–Crippen MR) is 78.0 cm³/mol. The largest absolute Gasteiger partial charge is 0.453 e. The topological polar surface area (TPSA) is 9.23 Å². The fraction of sp³-hybridized carbons (Fsp3) is 0.143. The molecule has 0 heterocycles. The van der Waals surface area contributed by atoms with Crippen molar-refractivity contribution >= 4 is 31.9 Å². The smallest absolute Gasteiger partial charge is 0.166 e. The van der Waals surface area contributed by atoms with Crippen LogP contribution in [0, 0.1) is 12.7 Å². The first-order valence-electron chi connectivity index (χ1n) is 5.38. The number of halogens is 3. The number of alkyl halides is 1. The molecule has 0 aliphatic carbocycles. The Morgan fingerprint density at radius 1 is 1.11 bits per heavy atom. The molecule has 18 heavy (non-hydrogen) atoms. The van der Waals surface area contributed by atoms with Crippen molar-refractivity contribution in [2.24, 2.45) is 0 Å². The number of aryl methyl sites for hydroxylation is 1. The molecule has 0 saturated heterocycles. The van der Waals surface area contributed by atoms with Gasteiger partial charge in [-0.05, 0) is 58.2 Å². The van der Waals surface area contributed by atoms with Gasteiger partial charge in [0.15, 0.2) is 11.6 Å². The fourth-order valence-electron chi connectivity index (χ4n) is 1.52. The summed E-state index contributed by atoms with van der Waals surface area (Å²) in [7, 11) is 0. The van der Waals surface area contributed by atoms with E-state index in [2.05, 4.69) is 31.9 Å². The van der Waals surface area contributed by atoms with Gasteiger partial charge in [0.25, 0.3) is 0 Å². The molecule has 0 amide bonds. The van der Waals surface area contributed by atoms with Crippen molar-refractivity contribution in [2.75, 3.05) is 0 Å². The summed E-state index contributed by atoms with van der Waals surface area (Å²) in [6.45, 7) is 1.99. The lowest BCUT2D eigenvalue weighted by Gasteiger charge is -2.09. The van der Waals surface area contributed by atoms with Crippen LogP contribution in [0.15, 0.2) is 40.9 Å². The van der Waals surface area contributed by atoms with Crippen LogP contribution in [0.25, 0.3) is 0 Å². The molecular weight excluding hydrogens is 363 g/mol. The lowest BCUT2D eigenvalue weighted by atomic mass is 10.2. The number of hydrogen-bond donors (Lipinski definition) is 0. The summed E-state index contributed by atoms with van der Waals surface area (Å²) in [5, 5.41) is 0.623. The highest BCUT2D eigenvalue weighted by Crippen LogP contribution is 2.32. The second-order valence-corrected chi connectivity index (χ2v) is 5.35. The Hall–Kier alpha value is -0.870. The maximum absolute atomic E-state index is 13.8. The second kappa shape index (κ2) is 5.85. The highest BCUT2D eigenvalue weighted by molar-refractivity contribution is 9.10. The molecule has 2 rings (SSSR count). The van der Waals surface area contributed by atoms with Crippen LogP contribution < -0.4 is 4.74 Å². The molecule has 0 N–H and O–H groups in total. The molecule has 0 bridgehead atoms. The van der Waals surface area contributed by atoms with E-state index in [4.69, 9.17) is 4.74 Å². The van der Waals surface area contributed by atoms with E-state index in [0.717, 1.165) is 15.6 Å². The molecule has 0 aliphatic rings. The van der Waals surface area contributed by atoms with E-state index >= 15 is 0 Å². The van der Waals surface area contributed by atoms with Crippen LogP contribution in [0.1, 0.15) is 11.1 Å². The molecule has 94 valence electrons. The molecule has 4 heteroatoms. The minimum atomic E-state index is -0.362. The molecule has 2 aromatic carbocycles. The summed E-state index contributed by atoms with van der Waals surface area (Å²) in [4.78, 5) is 0. The van der Waals surface area contributed by atoms with Crippen molar-refractivity contribution in [3.63, 3.8) is 0 Å². The van der Waals surface area contributed by atoms with Crippen LogP contribution in [0.5, 0.6) is 11.5 Å². The first-order valence-corrected chi connectivity index (χ1v) is 7.30. The molecule has 0 unspecified atom stereocenters. The predicted octanol–water partition coefficient (Wildman–Crippen LogP) is 5.58. The molecule has 0 fully saturated rings. The van der Waals surface area contributed by atoms with Gasteiger partial charge < -0.3 is 4.74 Å². The summed E-state index contributed by atoms with van der Waals surface area (Å²) in [6.07, 6.45) is 0. The van der Waals surface area contributed by atoms with Crippen LogP contribution >= 0.6 is 31.9 Å². The molecule has 1 nitrogen and oxygen atoms in total. The van der Waals surface area contributed by atoms with Crippen LogP contribution in [0.3, 0.4) is 0 Å². The first-order chi connectivity index (χ1) is 8.60. The number of benzene rings is 2. The van der Waals surface area contributed by atoms with Gasteiger partial charge in [-0.2, -0.15) is 0 Å². The summed E-state index contributed by atoms with van der Waals surface area (Å²) in [6, 6.07) is 10.6. The van der Waals surface area contributed by atoms with Gasteiger partial charge in [-0.15, -0.1) is 0 Å². The minimum absolute atomic E-state index is 0.226. The van der Waals surface area contributed by atoms with E-state index in [1.807, 2.05) is 31.2 Å². The Morgan fingerprint density at radius 3 is 2.44 bits per heavy atom. The quantitative estimate of drug-likeness (QED) is 0.637. The van der Waals surface area contributed by atoms with E-state index < -0.39 is 0 Å². The third-order valence-corrected chi connectivity index (χ3v) is 3.73. The van der Waals surface area contributed by atoms with Gasteiger partial charge in [0.05, 0.1) is 4.47 Å². The Balaban J connectivity index is 2.28. The number of hydrogen-bond acceptors (Lipinski definition) is 1. The van der Waals surface area contributed by atoms with E-state index in [-0.39, 0.29) is 11.6 Å². The molecular formula is C14H11Br2FO. The molecule has 0 aromatic heterocycles. The van der Waals surface area contributed by atoms with E-state index in [0.29, 0.717) is 11.1 Å². The normalized spacial score (nSPS) is 10.4. The van der Waals surface area contributed by atoms with Crippen molar-refractivity contribution in [1.29, 1.82) is 0 Å². The summed E-state index contributed by atoms with van der Waals surface area (Å²) in [5.74, 6) is 0.467. The average Bonchev–Trinajstić information content (AvgIpc) is 2.34. The van der Waals surface area contributed by atoms with Gasteiger partial charge in [0.2, 0.25) is 0 Å². The third-order valence-electron chi connectivity index (χ3n) is 2.46. The van der Waals surface area contributed by atoms with Crippen molar-refractivity contribution < 1.29 is 9.13 Å². The Labute approximate surface area is 122 Å². The van der Waals surface area contributed by atoms with Gasteiger partial charge in [0.1, 0.15) is 5.75 Å². The molecule has 0 spiro atoms. The highest BCUT2D eigenvalue weighted by Gasteiger charge is 2.08. The number of ether oxygens (including phenoxy) is 1. The van der Waals surface area contributed by atoms with Crippen LogP contribution in [0.2, 0.25) is 0 Å². The molecule has 2 aromatic rings. The minimum Gasteiger partial charge on any atom is -0.453 e. The van der Waals surface area contributed by atoms with Gasteiger partial charge in [-0.3, -0.25) is 0 Å². The zero-order valence-corrected chi connectivity index (χ0v) is 12.9. The SMILES string of the molecule is Cc1ccc(Oc2ccc(CBr)cc2F)c(Br)c1. The van der Waals surface area contributed by atoms with Crippen molar-refractivity contribution in [3.8, 4) is 11.5 Å². The van der Waals surface area contributed by atoms with Crippen molar-refractivity contribution in [1.82, 2.24) is 0 Å². The summed E-state index contributed by atoms with van der Waals surface area (Å²) >= 11 is 6.69. The second-order valence-electron chi connectivity index (χ2n) is 3.93. The van der Waals surface area contributed by atoms with E-state index in [1.54, 1.807) is 6.07 Å². The van der Waals surface area contributed by atoms with Gasteiger partial charge in [-0.25, -0.2) is 4.39 Å². The first kappa shape index (κ1) is 13.6. The van der Waals surface area contributed by atoms with Gasteiger partial charge in [-0.1, -0.05) is 28.1 Å². The maximum atomic E-state index is 13.8. The van der Waals surface area contributed by atoms with Crippen molar-refractivity contribution in [3.05, 3.63) is 57.8 Å². The Morgan fingerprint density at radius 2 is 1.83 bits per heavy atom. The Bertz CT molecular complexity index is 570. The molecule has 0 saturated carbocycles. The molecule has 0 aliphatic heterocycles. The lowest BCUT2D eigenvalue weighted by molar-refractivity contribution is 0.439.